The molecule has 2 aromatic heterocycles. The monoisotopic (exact) mass is 822 g/mol. The van der Waals surface area contributed by atoms with Gasteiger partial charge >= 0.3 is 24.3 Å². The Hall–Kier alpha value is -5.94. The molecule has 4 heterocycles. The second-order valence-electron chi connectivity index (χ2n) is 14.5. The third-order valence-electron chi connectivity index (χ3n) is 9.85. The summed E-state index contributed by atoms with van der Waals surface area (Å²) >= 11 is 0. The fourth-order valence-corrected chi connectivity index (χ4v) is 7.04. The molecule has 0 fully saturated rings. The number of benzene rings is 2. The molecule has 2 aliphatic heterocycles. The van der Waals surface area contributed by atoms with E-state index in [9.17, 15) is 55.7 Å². The van der Waals surface area contributed by atoms with Gasteiger partial charge < -0.3 is 38.3 Å². The Bertz CT molecular complexity index is 2180. The van der Waals surface area contributed by atoms with Gasteiger partial charge in [-0.25, -0.2) is 9.59 Å². The molecule has 4 aromatic rings. The van der Waals surface area contributed by atoms with E-state index in [4.69, 9.17) is 18.9 Å². The van der Waals surface area contributed by atoms with Crippen molar-refractivity contribution < 1.29 is 65.1 Å². The predicted molar refractivity (Wildman–Crippen MR) is 198 cm³/mol. The van der Waals surface area contributed by atoms with E-state index in [1.165, 1.54) is 63.0 Å². The summed E-state index contributed by atoms with van der Waals surface area (Å²) in [7, 11) is 2.62. The lowest BCUT2D eigenvalue weighted by Gasteiger charge is -2.33. The summed E-state index contributed by atoms with van der Waals surface area (Å²) in [5.41, 5.74) is 1.60. The number of alkyl halides is 6. The number of rotatable bonds is 10. The number of nitrogens with zero attached hydrogens (tertiary/aromatic N) is 2. The van der Waals surface area contributed by atoms with Gasteiger partial charge in [-0.3, -0.25) is 9.59 Å². The number of hydrogen-bond acceptors (Lipinski definition) is 8. The SMILES string of the molecule is COc1cc2c(cc1OCC(F)(F)F)C[C@@H](C(C)C)n1cc(C(=O)O)c(=O)cc1-2.COc1cc2c(cc1OCC(F)(F)F)C[C@H](C(C)C)n1cc(C(=O)O)c(=O)cc1-2. The molecule has 0 saturated heterocycles. The van der Waals surface area contributed by atoms with Gasteiger partial charge in [-0.05, 0) is 60.1 Å². The highest BCUT2D eigenvalue weighted by Gasteiger charge is 2.34. The van der Waals surface area contributed by atoms with Gasteiger partial charge in [-0.1, -0.05) is 27.7 Å². The Morgan fingerprint density at radius 2 is 0.983 bits per heavy atom. The van der Waals surface area contributed by atoms with Crippen LogP contribution in [0.1, 0.15) is 71.6 Å². The van der Waals surface area contributed by atoms with E-state index in [1.54, 1.807) is 9.13 Å². The minimum Gasteiger partial charge on any atom is -0.493 e. The van der Waals surface area contributed by atoms with E-state index in [0.29, 0.717) is 46.5 Å². The number of fused-ring (bicyclic) bond motifs is 6. The van der Waals surface area contributed by atoms with Crippen LogP contribution in [0.5, 0.6) is 23.0 Å². The largest absolute Gasteiger partial charge is 0.493 e. The average molecular weight is 823 g/mol. The summed E-state index contributed by atoms with van der Waals surface area (Å²) in [6.07, 6.45) is -5.45. The topological polar surface area (TPSA) is 156 Å². The van der Waals surface area contributed by atoms with Crippen LogP contribution in [0.25, 0.3) is 22.5 Å². The van der Waals surface area contributed by atoms with E-state index in [0.717, 1.165) is 0 Å². The summed E-state index contributed by atoms with van der Waals surface area (Å²) in [5.74, 6) is -2.36. The van der Waals surface area contributed by atoms with Crippen molar-refractivity contribution in [3.05, 3.63) is 91.5 Å². The van der Waals surface area contributed by atoms with Crippen molar-refractivity contribution in [2.24, 2.45) is 11.8 Å². The van der Waals surface area contributed by atoms with Crippen LogP contribution >= 0.6 is 0 Å². The fourth-order valence-electron chi connectivity index (χ4n) is 7.04. The van der Waals surface area contributed by atoms with E-state index in [2.05, 4.69) is 0 Å². The van der Waals surface area contributed by atoms with Gasteiger partial charge in [0.05, 0.1) is 25.6 Å². The molecule has 2 atom stereocenters. The molecule has 0 saturated carbocycles. The molecule has 0 spiro atoms. The zero-order chi connectivity index (χ0) is 43.0. The summed E-state index contributed by atoms with van der Waals surface area (Å²) in [4.78, 5) is 47.3. The highest BCUT2D eigenvalue weighted by Crippen LogP contribution is 2.44. The number of halogens is 6. The predicted octanol–water partition coefficient (Wildman–Crippen LogP) is 7.83. The van der Waals surface area contributed by atoms with E-state index < -0.39 is 48.4 Å². The molecule has 0 unspecified atom stereocenters. The summed E-state index contributed by atoms with van der Waals surface area (Å²) < 4.78 is 99.2. The zero-order valence-corrected chi connectivity index (χ0v) is 32.1. The second kappa shape index (κ2) is 16.5. The van der Waals surface area contributed by atoms with Crippen molar-refractivity contribution in [3.8, 4) is 45.5 Å². The molecule has 2 N–H and O–H groups in total. The smallest absolute Gasteiger partial charge is 0.422 e. The Balaban J connectivity index is 0.000000221. The maximum Gasteiger partial charge on any atom is 0.422 e. The molecular weight excluding hydrogens is 782 g/mol. The fraction of sp³-hybridized carbons (Fsp3) is 0.400. The van der Waals surface area contributed by atoms with Gasteiger partial charge in [0, 0.05) is 47.7 Å². The minimum atomic E-state index is -4.49. The lowest BCUT2D eigenvalue weighted by molar-refractivity contribution is -0.154. The Kier molecular flexibility index (Phi) is 12.3. The molecule has 12 nitrogen and oxygen atoms in total. The molecule has 2 aromatic carbocycles. The number of carboxylic acids is 2. The van der Waals surface area contributed by atoms with Crippen molar-refractivity contribution in [2.45, 2.75) is 65.0 Å². The van der Waals surface area contributed by atoms with Gasteiger partial charge in [-0.15, -0.1) is 0 Å². The number of methoxy groups -OCH3 is 2. The molecule has 0 aliphatic carbocycles. The third-order valence-corrected chi connectivity index (χ3v) is 9.85. The van der Waals surface area contributed by atoms with Crippen LogP contribution in [0.3, 0.4) is 0 Å². The van der Waals surface area contributed by atoms with Gasteiger partial charge in [0.15, 0.2) is 47.1 Å². The molecule has 312 valence electrons. The van der Waals surface area contributed by atoms with Crippen LogP contribution in [-0.4, -0.2) is 71.1 Å². The minimum absolute atomic E-state index is 0.0379. The van der Waals surface area contributed by atoms with Gasteiger partial charge in [-0.2, -0.15) is 26.3 Å². The quantitative estimate of drug-likeness (QED) is 0.151. The number of carbonyl (C=O) groups is 2. The van der Waals surface area contributed by atoms with Gasteiger partial charge in [0.2, 0.25) is 0 Å². The van der Waals surface area contributed by atoms with Gasteiger partial charge in [0.25, 0.3) is 0 Å². The van der Waals surface area contributed by atoms with Crippen molar-refractivity contribution >= 4 is 11.9 Å². The number of aromatic nitrogens is 2. The van der Waals surface area contributed by atoms with Crippen LogP contribution < -0.4 is 29.8 Å². The molecule has 18 heteroatoms. The second-order valence-corrected chi connectivity index (χ2v) is 14.5. The number of hydrogen-bond donors (Lipinski definition) is 2. The molecule has 0 amide bonds. The normalized spacial score (nSPS) is 15.6. The maximum atomic E-state index is 12.6. The first-order valence-corrected chi connectivity index (χ1v) is 17.8. The van der Waals surface area contributed by atoms with Crippen LogP contribution in [0.2, 0.25) is 0 Å². The van der Waals surface area contributed by atoms with Crippen molar-refractivity contribution in [2.75, 3.05) is 27.4 Å². The highest BCUT2D eigenvalue weighted by molar-refractivity contribution is 5.88. The zero-order valence-electron chi connectivity index (χ0n) is 32.1. The standard InChI is InChI=1S/2C20H20F3NO5/c2*1-10(2)14-4-11-5-18(29-9-20(21,22)23)17(28-3)6-12(11)15-7-16(25)13(19(26)27)8-24(14)15/h2*5-8,10,14H,4,9H2,1-3H3,(H,26,27)/t2*14-/m10/s1. The molecule has 0 radical (unpaired) electrons. The maximum absolute atomic E-state index is 12.6. The van der Waals surface area contributed by atoms with E-state index in [-0.39, 0.29) is 58.0 Å². The van der Waals surface area contributed by atoms with Crippen molar-refractivity contribution in [1.82, 2.24) is 9.13 Å². The van der Waals surface area contributed by atoms with Gasteiger partial charge in [0.1, 0.15) is 11.1 Å². The van der Waals surface area contributed by atoms with Crippen molar-refractivity contribution in [3.63, 3.8) is 0 Å². The first-order valence-electron chi connectivity index (χ1n) is 17.8. The molecule has 58 heavy (non-hydrogen) atoms. The number of aromatic carboxylic acids is 2. The number of pyridine rings is 2. The van der Waals surface area contributed by atoms with E-state index >= 15 is 0 Å². The van der Waals surface area contributed by atoms with Crippen LogP contribution in [0.15, 0.2) is 58.4 Å². The third kappa shape index (κ3) is 9.26. The van der Waals surface area contributed by atoms with Crippen LogP contribution in [-0.2, 0) is 12.8 Å². The van der Waals surface area contributed by atoms with Crippen LogP contribution in [0.4, 0.5) is 26.3 Å². The Morgan fingerprint density at radius 3 is 1.26 bits per heavy atom. The van der Waals surface area contributed by atoms with E-state index in [1.807, 2.05) is 27.7 Å². The molecular formula is C40H40F6N2O10. The highest BCUT2D eigenvalue weighted by atomic mass is 19.4. The Labute approximate surface area is 327 Å². The van der Waals surface area contributed by atoms with Crippen molar-refractivity contribution in [1.29, 1.82) is 0 Å². The summed E-state index contributed by atoms with van der Waals surface area (Å²) in [6, 6.07) is 8.15. The summed E-state index contributed by atoms with van der Waals surface area (Å²) in [5, 5.41) is 18.6. The van der Waals surface area contributed by atoms with Crippen LogP contribution in [0, 0.1) is 11.8 Å². The first kappa shape index (κ1) is 43.2. The number of carboxylic acid groups (broad SMARTS) is 2. The summed E-state index contributed by atoms with van der Waals surface area (Å²) in [6.45, 7) is 4.89. The molecule has 2 aliphatic rings. The lowest BCUT2D eigenvalue weighted by atomic mass is 9.87. The Morgan fingerprint density at radius 1 is 0.638 bits per heavy atom. The number of ether oxygens (including phenoxy) is 4. The molecule has 0 bridgehead atoms. The first-order chi connectivity index (χ1) is 27.0. The average Bonchev–Trinajstić information content (AvgIpc) is 3.13. The lowest BCUT2D eigenvalue weighted by Crippen LogP contribution is -2.28. The molecule has 6 rings (SSSR count).